The monoisotopic (exact) mass is 291 g/mol. The summed E-state index contributed by atoms with van der Waals surface area (Å²) >= 11 is 17.7. The van der Waals surface area contributed by atoms with Gasteiger partial charge in [-0.15, -0.1) is 0 Å². The van der Waals surface area contributed by atoms with Crippen molar-refractivity contribution >= 4 is 40.5 Å². The van der Waals surface area contributed by atoms with Crippen molar-refractivity contribution in [2.24, 2.45) is 0 Å². The van der Waals surface area contributed by atoms with E-state index in [1.54, 1.807) is 0 Å². The summed E-state index contributed by atoms with van der Waals surface area (Å²) in [6, 6.07) is 2.97. The first-order chi connectivity index (χ1) is 7.99. The van der Waals surface area contributed by atoms with E-state index in [-0.39, 0.29) is 15.7 Å². The quantitative estimate of drug-likeness (QED) is 0.625. The summed E-state index contributed by atoms with van der Waals surface area (Å²) in [6.45, 7) is 0. The number of halogens is 3. The van der Waals surface area contributed by atoms with Crippen molar-refractivity contribution in [2.45, 2.75) is 0 Å². The summed E-state index contributed by atoms with van der Waals surface area (Å²) in [4.78, 5) is 9.98. The topological polar surface area (TPSA) is 61.0 Å². The Morgan fingerprint density at radius 3 is 2.29 bits per heavy atom. The Kier molecular flexibility index (Phi) is 3.24. The minimum Gasteiger partial charge on any atom is -0.258 e. The zero-order chi connectivity index (χ0) is 12.6. The molecule has 5 nitrogen and oxygen atoms in total. The Hall–Kier alpha value is -1.30. The van der Waals surface area contributed by atoms with Crippen molar-refractivity contribution in [2.75, 3.05) is 0 Å². The summed E-state index contributed by atoms with van der Waals surface area (Å²) in [5.41, 5.74) is 0.206. The molecule has 17 heavy (non-hydrogen) atoms. The van der Waals surface area contributed by atoms with Gasteiger partial charge in [-0.1, -0.05) is 34.8 Å². The maximum Gasteiger partial charge on any atom is 0.307 e. The molecular weight excluding hydrogens is 288 g/mol. The third-order valence-electron chi connectivity index (χ3n) is 1.99. The number of benzene rings is 1. The van der Waals surface area contributed by atoms with Gasteiger partial charge in [-0.3, -0.25) is 10.1 Å². The molecule has 1 aromatic heterocycles. The lowest BCUT2D eigenvalue weighted by Crippen LogP contribution is -1.96. The van der Waals surface area contributed by atoms with Gasteiger partial charge in [0.1, 0.15) is 18.1 Å². The first-order valence-electron chi connectivity index (χ1n) is 4.33. The molecule has 1 aromatic carbocycles. The van der Waals surface area contributed by atoms with Crippen LogP contribution in [0.5, 0.6) is 0 Å². The van der Waals surface area contributed by atoms with Crippen LogP contribution in [-0.4, -0.2) is 14.7 Å². The van der Waals surface area contributed by atoms with Crippen molar-refractivity contribution in [3.63, 3.8) is 0 Å². The maximum atomic E-state index is 10.5. The lowest BCUT2D eigenvalue weighted by Gasteiger charge is -2.06. The molecule has 0 atom stereocenters. The van der Waals surface area contributed by atoms with Crippen molar-refractivity contribution in [1.29, 1.82) is 0 Å². The first-order valence-corrected chi connectivity index (χ1v) is 5.46. The highest BCUT2D eigenvalue weighted by molar-refractivity contribution is 6.40. The average molecular weight is 293 g/mol. The third-order valence-corrected chi connectivity index (χ3v) is 2.78. The number of nitro groups is 1. The standard InChI is InChI=1S/C9H4Cl3N3O2/c10-5-1-7(11)9(8(12)2-5)14-4-6(3-13-14)15(16)17/h1-4H. The van der Waals surface area contributed by atoms with Crippen LogP contribution in [0.2, 0.25) is 15.1 Å². The molecule has 0 spiro atoms. The molecule has 0 saturated carbocycles. The van der Waals surface area contributed by atoms with Crippen molar-refractivity contribution < 1.29 is 4.92 Å². The van der Waals surface area contributed by atoms with Gasteiger partial charge in [0.2, 0.25) is 0 Å². The highest BCUT2D eigenvalue weighted by Crippen LogP contribution is 2.32. The molecule has 2 aromatic rings. The molecule has 0 bridgehead atoms. The van der Waals surface area contributed by atoms with E-state index in [0.717, 1.165) is 6.20 Å². The van der Waals surface area contributed by atoms with Gasteiger partial charge in [-0.05, 0) is 12.1 Å². The van der Waals surface area contributed by atoms with E-state index < -0.39 is 4.92 Å². The van der Waals surface area contributed by atoms with E-state index in [2.05, 4.69) is 5.10 Å². The van der Waals surface area contributed by atoms with Crippen LogP contribution >= 0.6 is 34.8 Å². The minimum absolute atomic E-state index is 0.146. The summed E-state index contributed by atoms with van der Waals surface area (Å²) in [6.07, 6.45) is 2.34. The zero-order valence-electron chi connectivity index (χ0n) is 8.10. The van der Waals surface area contributed by atoms with Crippen molar-refractivity contribution in [3.8, 4) is 5.69 Å². The Morgan fingerprint density at radius 2 is 1.82 bits per heavy atom. The normalized spacial score (nSPS) is 10.5. The molecule has 8 heteroatoms. The van der Waals surface area contributed by atoms with Crippen LogP contribution in [-0.2, 0) is 0 Å². The summed E-state index contributed by atoms with van der Waals surface area (Å²) in [5.74, 6) is 0. The summed E-state index contributed by atoms with van der Waals surface area (Å²) in [7, 11) is 0. The smallest absolute Gasteiger partial charge is 0.258 e. The lowest BCUT2D eigenvalue weighted by atomic mass is 10.3. The zero-order valence-corrected chi connectivity index (χ0v) is 10.4. The Labute approximate surface area is 111 Å². The Balaban J connectivity index is 2.56. The molecule has 0 N–H and O–H groups in total. The number of aromatic nitrogens is 2. The van der Waals surface area contributed by atoms with E-state index >= 15 is 0 Å². The van der Waals surface area contributed by atoms with Gasteiger partial charge in [0, 0.05) is 5.02 Å². The fourth-order valence-corrected chi connectivity index (χ4v) is 2.27. The fraction of sp³-hybridized carbons (Fsp3) is 0. The number of hydrogen-bond acceptors (Lipinski definition) is 3. The van der Waals surface area contributed by atoms with Crippen molar-refractivity contribution in [3.05, 3.63) is 49.7 Å². The van der Waals surface area contributed by atoms with Gasteiger partial charge < -0.3 is 0 Å². The second-order valence-electron chi connectivity index (χ2n) is 3.12. The number of rotatable bonds is 2. The number of nitrogens with zero attached hydrogens (tertiary/aromatic N) is 3. The van der Waals surface area contributed by atoms with E-state index in [0.29, 0.717) is 10.7 Å². The molecule has 0 aliphatic carbocycles. The fourth-order valence-electron chi connectivity index (χ4n) is 1.28. The molecule has 0 amide bonds. The van der Waals surface area contributed by atoms with E-state index in [9.17, 15) is 10.1 Å². The second kappa shape index (κ2) is 4.52. The van der Waals surface area contributed by atoms with Crippen LogP contribution in [0.4, 0.5) is 5.69 Å². The predicted octanol–water partition coefficient (Wildman–Crippen LogP) is 3.74. The summed E-state index contributed by atoms with van der Waals surface area (Å²) in [5, 5.41) is 15.3. The van der Waals surface area contributed by atoms with Crippen LogP contribution in [0, 0.1) is 10.1 Å². The van der Waals surface area contributed by atoms with Crippen LogP contribution in [0.3, 0.4) is 0 Å². The Bertz CT molecular complexity index is 574. The van der Waals surface area contributed by atoms with Gasteiger partial charge >= 0.3 is 5.69 Å². The van der Waals surface area contributed by atoms with E-state index in [1.807, 2.05) is 0 Å². The summed E-state index contributed by atoms with van der Waals surface area (Å²) < 4.78 is 1.24. The molecule has 0 fully saturated rings. The van der Waals surface area contributed by atoms with Crippen molar-refractivity contribution in [1.82, 2.24) is 9.78 Å². The number of hydrogen-bond donors (Lipinski definition) is 0. The van der Waals surface area contributed by atoms with Gasteiger partial charge in [0.15, 0.2) is 0 Å². The van der Waals surface area contributed by atoms with Gasteiger partial charge in [0.05, 0.1) is 15.0 Å². The van der Waals surface area contributed by atoms with Crippen LogP contribution in [0.25, 0.3) is 5.69 Å². The van der Waals surface area contributed by atoms with Crippen LogP contribution in [0.1, 0.15) is 0 Å². The predicted molar refractivity (Wildman–Crippen MR) is 65.2 cm³/mol. The Morgan fingerprint density at radius 1 is 1.24 bits per heavy atom. The third kappa shape index (κ3) is 2.36. The molecular formula is C9H4Cl3N3O2. The largest absolute Gasteiger partial charge is 0.307 e. The minimum atomic E-state index is -0.554. The molecule has 0 radical (unpaired) electrons. The van der Waals surface area contributed by atoms with Crippen LogP contribution in [0.15, 0.2) is 24.5 Å². The molecule has 2 rings (SSSR count). The molecule has 0 aliphatic heterocycles. The van der Waals surface area contributed by atoms with Crippen LogP contribution < -0.4 is 0 Å². The average Bonchev–Trinajstić information content (AvgIpc) is 2.65. The molecule has 0 saturated heterocycles. The lowest BCUT2D eigenvalue weighted by molar-refractivity contribution is -0.384. The van der Waals surface area contributed by atoms with Gasteiger partial charge in [-0.25, -0.2) is 4.68 Å². The van der Waals surface area contributed by atoms with E-state index in [4.69, 9.17) is 34.8 Å². The molecule has 1 heterocycles. The molecule has 0 aliphatic rings. The molecule has 88 valence electrons. The second-order valence-corrected chi connectivity index (χ2v) is 4.37. The van der Waals surface area contributed by atoms with Gasteiger partial charge in [0.25, 0.3) is 0 Å². The highest BCUT2D eigenvalue weighted by Gasteiger charge is 2.15. The first kappa shape index (κ1) is 12.2. The highest BCUT2D eigenvalue weighted by atomic mass is 35.5. The maximum absolute atomic E-state index is 10.5. The molecule has 0 unspecified atom stereocenters. The van der Waals surface area contributed by atoms with Gasteiger partial charge in [-0.2, -0.15) is 5.10 Å². The SMILES string of the molecule is O=[N+]([O-])c1cnn(-c2c(Cl)cc(Cl)cc2Cl)c1. The van der Waals surface area contributed by atoms with E-state index in [1.165, 1.54) is 23.0 Å².